The van der Waals surface area contributed by atoms with Gasteiger partial charge in [0.2, 0.25) is 0 Å². The van der Waals surface area contributed by atoms with E-state index in [0.29, 0.717) is 33.8 Å². The fourth-order valence-electron chi connectivity index (χ4n) is 3.04. The first-order valence-electron chi connectivity index (χ1n) is 10.3. The summed E-state index contributed by atoms with van der Waals surface area (Å²) in [6, 6.07) is 18.8. The van der Waals surface area contributed by atoms with Crippen molar-refractivity contribution in [2.75, 3.05) is 14.2 Å². The number of hydrazone groups is 1. The van der Waals surface area contributed by atoms with E-state index in [1.165, 1.54) is 26.5 Å². The van der Waals surface area contributed by atoms with Gasteiger partial charge in [-0.15, -0.1) is 0 Å². The first-order chi connectivity index (χ1) is 16.4. The average Bonchev–Trinajstić information content (AvgIpc) is 2.86. The molecule has 0 saturated heterocycles. The normalized spacial score (nSPS) is 11.2. The van der Waals surface area contributed by atoms with Crippen LogP contribution in [0.25, 0.3) is 6.08 Å². The molecule has 0 radical (unpaired) electrons. The van der Waals surface area contributed by atoms with Crippen LogP contribution in [-0.4, -0.2) is 37.4 Å². The maximum absolute atomic E-state index is 12.9. The number of rotatable bonds is 8. The number of nitrogens with zero attached hydrogens (tertiary/aromatic N) is 1. The summed E-state index contributed by atoms with van der Waals surface area (Å²) < 4.78 is 10.6. The fraction of sp³-hybridized carbons (Fsp3) is 0.115. The van der Waals surface area contributed by atoms with Crippen LogP contribution < -0.4 is 20.2 Å². The molecule has 0 aliphatic heterocycles. The molecule has 0 bridgehead atoms. The van der Waals surface area contributed by atoms with Gasteiger partial charge in [0.05, 0.1) is 20.4 Å². The van der Waals surface area contributed by atoms with Crippen LogP contribution >= 0.6 is 0 Å². The Hall–Kier alpha value is -4.59. The van der Waals surface area contributed by atoms with E-state index in [2.05, 4.69) is 15.8 Å². The van der Waals surface area contributed by atoms with Gasteiger partial charge < -0.3 is 19.9 Å². The molecule has 0 atom stereocenters. The van der Waals surface area contributed by atoms with Crippen molar-refractivity contribution in [3.8, 4) is 17.2 Å². The summed E-state index contributed by atoms with van der Waals surface area (Å²) in [5, 5.41) is 16.7. The number of phenols is 1. The van der Waals surface area contributed by atoms with Gasteiger partial charge in [-0.05, 0) is 48.9 Å². The Morgan fingerprint density at radius 2 is 1.71 bits per heavy atom. The first kappa shape index (κ1) is 24.1. The summed E-state index contributed by atoms with van der Waals surface area (Å²) in [5.41, 5.74) is 4.38. The summed E-state index contributed by atoms with van der Waals surface area (Å²) in [6.07, 6.45) is 2.80. The summed E-state index contributed by atoms with van der Waals surface area (Å²) in [4.78, 5) is 25.7. The van der Waals surface area contributed by atoms with Crippen LogP contribution in [0.5, 0.6) is 17.2 Å². The van der Waals surface area contributed by atoms with Gasteiger partial charge in [-0.2, -0.15) is 5.10 Å². The van der Waals surface area contributed by atoms with Gasteiger partial charge in [0.1, 0.15) is 22.9 Å². The van der Waals surface area contributed by atoms with Crippen LogP contribution in [0.15, 0.2) is 77.5 Å². The Kier molecular flexibility index (Phi) is 8.02. The van der Waals surface area contributed by atoms with Crippen LogP contribution in [-0.2, 0) is 4.79 Å². The molecule has 0 fully saturated rings. The van der Waals surface area contributed by atoms with Crippen molar-refractivity contribution in [2.24, 2.45) is 5.10 Å². The Bertz CT molecular complexity index is 1240. The van der Waals surface area contributed by atoms with Crippen LogP contribution in [0.4, 0.5) is 0 Å². The van der Waals surface area contributed by atoms with E-state index in [1.54, 1.807) is 73.7 Å². The van der Waals surface area contributed by atoms with Gasteiger partial charge in [0.15, 0.2) is 0 Å². The predicted octanol–water partition coefficient (Wildman–Crippen LogP) is 3.64. The highest BCUT2D eigenvalue weighted by molar-refractivity contribution is 6.05. The van der Waals surface area contributed by atoms with E-state index >= 15 is 0 Å². The molecule has 3 aromatic carbocycles. The summed E-state index contributed by atoms with van der Waals surface area (Å²) in [7, 11) is 3.03. The number of carbonyl (C=O) groups excluding carboxylic acids is 2. The van der Waals surface area contributed by atoms with Gasteiger partial charge in [-0.1, -0.05) is 30.3 Å². The number of nitrogens with one attached hydrogen (secondary N) is 2. The molecule has 0 aromatic heterocycles. The molecule has 0 heterocycles. The number of hydrogen-bond acceptors (Lipinski definition) is 6. The Balaban J connectivity index is 1.90. The molecule has 0 unspecified atom stereocenters. The van der Waals surface area contributed by atoms with E-state index in [0.717, 1.165) is 0 Å². The molecule has 3 aromatic rings. The molecule has 0 aliphatic carbocycles. The molecule has 3 rings (SSSR count). The minimum Gasteiger partial charge on any atom is -0.507 e. The zero-order valence-electron chi connectivity index (χ0n) is 19.0. The Labute approximate surface area is 197 Å². The molecule has 0 spiro atoms. The SMILES string of the molecule is COc1ccc(C=C(NC(=O)c2ccccc2)C(=O)NN=Cc2cccc(C)c2O)c(OC)c1. The lowest BCUT2D eigenvalue weighted by Crippen LogP contribution is -2.32. The smallest absolute Gasteiger partial charge is 0.287 e. The van der Waals surface area contributed by atoms with Crippen LogP contribution in [0.2, 0.25) is 0 Å². The predicted molar refractivity (Wildman–Crippen MR) is 130 cm³/mol. The lowest BCUT2D eigenvalue weighted by molar-refractivity contribution is -0.117. The van der Waals surface area contributed by atoms with Crippen molar-refractivity contribution in [1.29, 1.82) is 0 Å². The van der Waals surface area contributed by atoms with Gasteiger partial charge in [-0.3, -0.25) is 9.59 Å². The number of ether oxygens (including phenoxy) is 2. The van der Waals surface area contributed by atoms with Crippen molar-refractivity contribution < 1.29 is 24.2 Å². The zero-order chi connectivity index (χ0) is 24.5. The number of hydrogen-bond donors (Lipinski definition) is 3. The molecule has 8 heteroatoms. The lowest BCUT2D eigenvalue weighted by Gasteiger charge is -2.11. The zero-order valence-corrected chi connectivity index (χ0v) is 19.0. The van der Waals surface area contributed by atoms with Crippen molar-refractivity contribution in [1.82, 2.24) is 10.7 Å². The average molecular weight is 460 g/mol. The van der Waals surface area contributed by atoms with Gasteiger partial charge in [-0.25, -0.2) is 5.43 Å². The second-order valence-corrected chi connectivity index (χ2v) is 7.20. The number of amides is 2. The lowest BCUT2D eigenvalue weighted by atomic mass is 10.1. The number of benzene rings is 3. The quantitative estimate of drug-likeness (QED) is 0.271. The van der Waals surface area contributed by atoms with E-state index in [-0.39, 0.29) is 11.4 Å². The Morgan fingerprint density at radius 3 is 2.41 bits per heavy atom. The number of carbonyl (C=O) groups is 2. The molecule has 174 valence electrons. The van der Waals surface area contributed by atoms with E-state index in [4.69, 9.17) is 9.47 Å². The molecule has 0 aliphatic rings. The third-order valence-corrected chi connectivity index (χ3v) is 4.91. The molecule has 0 saturated carbocycles. The van der Waals surface area contributed by atoms with Crippen molar-refractivity contribution in [2.45, 2.75) is 6.92 Å². The Morgan fingerprint density at radius 1 is 0.941 bits per heavy atom. The number of aromatic hydroxyl groups is 1. The fourth-order valence-corrected chi connectivity index (χ4v) is 3.04. The van der Waals surface area contributed by atoms with E-state index in [1.807, 2.05) is 0 Å². The largest absolute Gasteiger partial charge is 0.507 e. The topological polar surface area (TPSA) is 109 Å². The number of methoxy groups -OCH3 is 2. The number of phenolic OH excluding ortho intramolecular Hbond substituents is 1. The molecule has 2 amide bonds. The van der Waals surface area contributed by atoms with Gasteiger partial charge >= 0.3 is 0 Å². The molecule has 8 nitrogen and oxygen atoms in total. The van der Waals surface area contributed by atoms with E-state index < -0.39 is 11.8 Å². The highest BCUT2D eigenvalue weighted by Crippen LogP contribution is 2.26. The third-order valence-electron chi connectivity index (χ3n) is 4.91. The third kappa shape index (κ3) is 6.01. The minimum absolute atomic E-state index is 0.0528. The minimum atomic E-state index is -0.662. The van der Waals surface area contributed by atoms with E-state index in [9.17, 15) is 14.7 Å². The second-order valence-electron chi connectivity index (χ2n) is 7.20. The van der Waals surface area contributed by atoms with Crippen molar-refractivity contribution in [3.63, 3.8) is 0 Å². The van der Waals surface area contributed by atoms with Crippen LogP contribution in [0, 0.1) is 6.92 Å². The molecule has 3 N–H and O–H groups in total. The highest BCUT2D eigenvalue weighted by atomic mass is 16.5. The number of para-hydroxylation sites is 1. The van der Waals surface area contributed by atoms with Crippen LogP contribution in [0.3, 0.4) is 0 Å². The molecule has 34 heavy (non-hydrogen) atoms. The summed E-state index contributed by atoms with van der Waals surface area (Å²) in [5.74, 6) is -0.0281. The maximum atomic E-state index is 12.9. The molecular formula is C26H25N3O5. The van der Waals surface area contributed by atoms with Crippen molar-refractivity contribution in [3.05, 3.63) is 94.7 Å². The number of aryl methyl sites for hydroxylation is 1. The maximum Gasteiger partial charge on any atom is 0.287 e. The second kappa shape index (κ2) is 11.3. The van der Waals surface area contributed by atoms with Crippen LogP contribution in [0.1, 0.15) is 27.0 Å². The summed E-state index contributed by atoms with van der Waals surface area (Å²) in [6.45, 7) is 1.76. The first-order valence-corrected chi connectivity index (χ1v) is 10.3. The van der Waals surface area contributed by atoms with Crippen molar-refractivity contribution >= 4 is 24.1 Å². The van der Waals surface area contributed by atoms with Gasteiger partial charge in [0, 0.05) is 22.8 Å². The standard InChI is InChI=1S/C26H25N3O5/c1-17-8-7-11-20(24(17)30)16-27-29-26(32)22(28-25(31)18-9-5-4-6-10-18)14-19-12-13-21(33-2)15-23(19)34-3/h4-16,30H,1-3H3,(H,28,31)(H,29,32). The molecular weight excluding hydrogens is 434 g/mol. The monoisotopic (exact) mass is 459 g/mol. The van der Waals surface area contributed by atoms with Gasteiger partial charge in [0.25, 0.3) is 11.8 Å². The summed E-state index contributed by atoms with van der Waals surface area (Å²) >= 11 is 0. The highest BCUT2D eigenvalue weighted by Gasteiger charge is 2.16.